The first-order valence-electron chi connectivity index (χ1n) is 4.20. The van der Waals surface area contributed by atoms with Crippen molar-refractivity contribution in [3.05, 3.63) is 39.9 Å². The van der Waals surface area contributed by atoms with Gasteiger partial charge in [0, 0.05) is 25.7 Å². The van der Waals surface area contributed by atoms with Crippen LogP contribution in [-0.2, 0) is 6.42 Å². The standard InChI is InChI=1S/C9H11ClN2O2/c1-11(10)7-6-8-2-4-9(5-3-8)12(13)14/h2-5H,6-7H2,1H3. The Bertz CT molecular complexity index is 311. The van der Waals surface area contributed by atoms with Crippen molar-refractivity contribution >= 4 is 17.5 Å². The van der Waals surface area contributed by atoms with Gasteiger partial charge in [-0.15, -0.1) is 0 Å². The summed E-state index contributed by atoms with van der Waals surface area (Å²) in [6.45, 7) is 0.722. The molecule has 0 saturated heterocycles. The molecule has 14 heavy (non-hydrogen) atoms. The van der Waals surface area contributed by atoms with Crippen molar-refractivity contribution in [3.63, 3.8) is 0 Å². The SMILES string of the molecule is CN(Cl)CCc1ccc([N+](=O)[O-])cc1. The molecule has 0 heterocycles. The van der Waals surface area contributed by atoms with Crippen molar-refractivity contribution in [1.29, 1.82) is 0 Å². The van der Waals surface area contributed by atoms with Gasteiger partial charge in [0.1, 0.15) is 0 Å². The molecule has 0 saturated carbocycles. The van der Waals surface area contributed by atoms with E-state index in [1.165, 1.54) is 12.1 Å². The van der Waals surface area contributed by atoms with Crippen LogP contribution in [0.3, 0.4) is 0 Å². The summed E-state index contributed by atoms with van der Waals surface area (Å²) in [5.74, 6) is 0. The predicted molar refractivity (Wildman–Crippen MR) is 55.3 cm³/mol. The van der Waals surface area contributed by atoms with Crippen molar-refractivity contribution < 1.29 is 4.92 Å². The van der Waals surface area contributed by atoms with Crippen LogP contribution in [0.1, 0.15) is 5.56 Å². The molecule has 0 N–H and O–H groups in total. The highest BCUT2D eigenvalue weighted by Gasteiger charge is 2.03. The molecule has 0 aliphatic carbocycles. The fourth-order valence-electron chi connectivity index (χ4n) is 1.07. The second kappa shape index (κ2) is 4.93. The first-order chi connectivity index (χ1) is 6.59. The zero-order valence-corrected chi connectivity index (χ0v) is 8.57. The van der Waals surface area contributed by atoms with Gasteiger partial charge in [-0.2, -0.15) is 0 Å². The van der Waals surface area contributed by atoms with E-state index < -0.39 is 4.92 Å². The summed E-state index contributed by atoms with van der Waals surface area (Å²) < 4.78 is 1.56. The minimum atomic E-state index is -0.405. The summed E-state index contributed by atoms with van der Waals surface area (Å²) in [6.07, 6.45) is 0.790. The number of halogens is 1. The average molecular weight is 215 g/mol. The molecule has 0 bridgehead atoms. The van der Waals surface area contributed by atoms with Gasteiger partial charge < -0.3 is 0 Å². The monoisotopic (exact) mass is 214 g/mol. The molecule has 1 aromatic rings. The van der Waals surface area contributed by atoms with Gasteiger partial charge in [0.05, 0.1) is 4.92 Å². The lowest BCUT2D eigenvalue weighted by molar-refractivity contribution is -0.384. The van der Waals surface area contributed by atoms with Gasteiger partial charge in [-0.25, -0.2) is 4.42 Å². The largest absolute Gasteiger partial charge is 0.269 e. The second-order valence-corrected chi connectivity index (χ2v) is 3.58. The molecule has 1 rings (SSSR count). The van der Waals surface area contributed by atoms with E-state index in [4.69, 9.17) is 11.8 Å². The number of hydrogen-bond donors (Lipinski definition) is 0. The van der Waals surface area contributed by atoms with E-state index in [2.05, 4.69) is 0 Å². The molecule has 0 aliphatic heterocycles. The molecular weight excluding hydrogens is 204 g/mol. The topological polar surface area (TPSA) is 46.4 Å². The molecule has 0 atom stereocenters. The number of likely N-dealkylation sites (N-methyl/N-ethyl adjacent to an activating group) is 1. The zero-order chi connectivity index (χ0) is 10.6. The minimum absolute atomic E-state index is 0.118. The maximum Gasteiger partial charge on any atom is 0.269 e. The summed E-state index contributed by atoms with van der Waals surface area (Å²) in [5, 5.41) is 10.4. The Hall–Kier alpha value is -1.13. The fraction of sp³-hybridized carbons (Fsp3) is 0.333. The molecule has 0 amide bonds. The van der Waals surface area contributed by atoms with Crippen LogP contribution in [0, 0.1) is 10.1 Å². The van der Waals surface area contributed by atoms with Crippen LogP contribution in [-0.4, -0.2) is 22.9 Å². The molecule has 0 radical (unpaired) electrons. The molecular formula is C9H11ClN2O2. The third-order valence-corrected chi connectivity index (χ3v) is 2.02. The number of nitrogens with zero attached hydrogens (tertiary/aromatic N) is 2. The van der Waals surface area contributed by atoms with E-state index in [0.717, 1.165) is 18.5 Å². The quantitative estimate of drug-likeness (QED) is 0.439. The number of benzene rings is 1. The molecule has 5 heteroatoms. The molecule has 0 aliphatic rings. The van der Waals surface area contributed by atoms with Gasteiger partial charge in [-0.3, -0.25) is 10.1 Å². The smallest absolute Gasteiger partial charge is 0.258 e. The van der Waals surface area contributed by atoms with Gasteiger partial charge in [0.25, 0.3) is 5.69 Å². The zero-order valence-electron chi connectivity index (χ0n) is 7.81. The van der Waals surface area contributed by atoms with E-state index in [1.54, 1.807) is 23.6 Å². The lowest BCUT2D eigenvalue weighted by Gasteiger charge is -2.05. The van der Waals surface area contributed by atoms with Crippen LogP contribution in [0.2, 0.25) is 0 Å². The molecule has 0 aromatic heterocycles. The van der Waals surface area contributed by atoms with Crippen LogP contribution >= 0.6 is 11.8 Å². The first kappa shape index (κ1) is 10.9. The van der Waals surface area contributed by atoms with E-state index in [9.17, 15) is 10.1 Å². The van der Waals surface area contributed by atoms with Crippen molar-refractivity contribution in [1.82, 2.24) is 4.42 Å². The van der Waals surface area contributed by atoms with E-state index >= 15 is 0 Å². The van der Waals surface area contributed by atoms with Crippen molar-refractivity contribution in [2.45, 2.75) is 6.42 Å². The highest BCUT2D eigenvalue weighted by atomic mass is 35.5. The Morgan fingerprint density at radius 3 is 2.43 bits per heavy atom. The van der Waals surface area contributed by atoms with Gasteiger partial charge in [-0.1, -0.05) is 12.1 Å². The van der Waals surface area contributed by atoms with E-state index in [-0.39, 0.29) is 5.69 Å². The summed E-state index contributed by atoms with van der Waals surface area (Å²) in [4.78, 5) is 9.95. The van der Waals surface area contributed by atoms with E-state index in [1.807, 2.05) is 0 Å². The van der Waals surface area contributed by atoms with Crippen molar-refractivity contribution in [2.75, 3.05) is 13.6 Å². The van der Waals surface area contributed by atoms with E-state index in [0.29, 0.717) is 0 Å². The highest BCUT2D eigenvalue weighted by molar-refractivity contribution is 6.13. The number of hydrogen-bond acceptors (Lipinski definition) is 3. The van der Waals surface area contributed by atoms with Crippen molar-refractivity contribution in [2.24, 2.45) is 0 Å². The Kier molecular flexibility index (Phi) is 3.85. The van der Waals surface area contributed by atoms with Crippen LogP contribution in [0.4, 0.5) is 5.69 Å². The molecule has 0 fully saturated rings. The third-order valence-electron chi connectivity index (χ3n) is 1.86. The van der Waals surface area contributed by atoms with Gasteiger partial charge in [-0.05, 0) is 23.8 Å². The summed E-state index contributed by atoms with van der Waals surface area (Å²) >= 11 is 5.63. The molecule has 0 spiro atoms. The summed E-state index contributed by atoms with van der Waals surface area (Å²) in [7, 11) is 1.77. The number of non-ortho nitro benzene ring substituents is 1. The maximum atomic E-state index is 10.4. The van der Waals surface area contributed by atoms with Gasteiger partial charge >= 0.3 is 0 Å². The number of nitro groups is 1. The lowest BCUT2D eigenvalue weighted by Crippen LogP contribution is -2.08. The fourth-order valence-corrected chi connectivity index (χ4v) is 1.15. The molecule has 0 unspecified atom stereocenters. The molecule has 4 nitrogen and oxygen atoms in total. The molecule has 76 valence electrons. The number of rotatable bonds is 4. The second-order valence-electron chi connectivity index (χ2n) is 3.00. The lowest BCUT2D eigenvalue weighted by atomic mass is 10.1. The third kappa shape index (κ3) is 3.32. The highest BCUT2D eigenvalue weighted by Crippen LogP contribution is 2.12. The first-order valence-corrected chi connectivity index (χ1v) is 4.53. The Morgan fingerprint density at radius 1 is 1.43 bits per heavy atom. The number of nitro benzene ring substituents is 1. The van der Waals surface area contributed by atoms with Gasteiger partial charge in [0.15, 0.2) is 0 Å². The van der Waals surface area contributed by atoms with Crippen LogP contribution in [0.5, 0.6) is 0 Å². The van der Waals surface area contributed by atoms with Crippen LogP contribution in [0.25, 0.3) is 0 Å². The Labute approximate surface area is 87.4 Å². The Balaban J connectivity index is 2.60. The minimum Gasteiger partial charge on any atom is -0.258 e. The van der Waals surface area contributed by atoms with Crippen molar-refractivity contribution in [3.8, 4) is 0 Å². The maximum absolute atomic E-state index is 10.4. The van der Waals surface area contributed by atoms with Gasteiger partial charge in [0.2, 0.25) is 0 Å². The summed E-state index contributed by atoms with van der Waals surface area (Å²) in [6, 6.07) is 6.50. The predicted octanol–water partition coefficient (Wildman–Crippen LogP) is 2.22. The Morgan fingerprint density at radius 2 is 2.00 bits per heavy atom. The summed E-state index contributed by atoms with van der Waals surface area (Å²) in [5.41, 5.74) is 1.16. The average Bonchev–Trinajstić information content (AvgIpc) is 2.15. The molecule has 1 aromatic carbocycles. The normalized spacial score (nSPS) is 10.5. The van der Waals surface area contributed by atoms with Crippen LogP contribution < -0.4 is 0 Å². The van der Waals surface area contributed by atoms with Crippen LogP contribution in [0.15, 0.2) is 24.3 Å².